The lowest BCUT2D eigenvalue weighted by Gasteiger charge is -2.28. The van der Waals surface area contributed by atoms with Crippen LogP contribution in [0, 0.1) is 13.8 Å². The molecule has 0 amide bonds. The maximum atomic E-state index is 5.58. The molecule has 0 aromatic heterocycles. The molecule has 4 heterocycles. The highest BCUT2D eigenvalue weighted by molar-refractivity contribution is 7.99. The fourth-order valence-corrected chi connectivity index (χ4v) is 13.0. The standard InChI is InChI=1S/C61H53N7S/c1-34-30-49(55-57(66-60(5,6)64-55)51(34)46-23-15-22-43-39-18-11-9-16-36(39)24-25-45(43)46)68(48-27-26-41(38-28-29-69-33-38)53-54(48)63-59(3,4)62-53)50-31-35(2)52(58-56(50)65-61(7,8)67-58)47-32-37-17-10-12-19-40(37)42-20-13-14-21-44(42)47/h9-27,30-32,38H,28-29,33H2,1-8H3. The van der Waals surface area contributed by atoms with E-state index in [1.807, 2.05) is 11.8 Å². The molecule has 1 saturated heterocycles. The minimum Gasteiger partial charge on any atom is -0.304 e. The van der Waals surface area contributed by atoms with Crippen LogP contribution in [0.3, 0.4) is 0 Å². The van der Waals surface area contributed by atoms with Crippen molar-refractivity contribution >= 4 is 71.9 Å². The molecule has 1 fully saturated rings. The van der Waals surface area contributed by atoms with Crippen molar-refractivity contribution < 1.29 is 0 Å². The summed E-state index contributed by atoms with van der Waals surface area (Å²) in [6, 6.07) is 49.0. The van der Waals surface area contributed by atoms with E-state index in [9.17, 15) is 0 Å². The van der Waals surface area contributed by atoms with Gasteiger partial charge in [-0.05, 0) is 169 Å². The quantitative estimate of drug-likeness (QED) is 0.156. The molecule has 1 unspecified atom stereocenters. The zero-order valence-corrected chi connectivity index (χ0v) is 41.3. The summed E-state index contributed by atoms with van der Waals surface area (Å²) in [5, 5.41) is 15.1. The van der Waals surface area contributed by atoms with Gasteiger partial charge in [-0.1, -0.05) is 109 Å². The van der Waals surface area contributed by atoms with E-state index in [2.05, 4.69) is 194 Å². The van der Waals surface area contributed by atoms with E-state index < -0.39 is 17.0 Å². The number of thioether (sulfide) groups is 1. The lowest BCUT2D eigenvalue weighted by molar-refractivity contribution is 0.547. The zero-order chi connectivity index (χ0) is 47.1. The smallest absolute Gasteiger partial charge is 0.146 e. The predicted molar refractivity (Wildman–Crippen MR) is 285 cm³/mol. The van der Waals surface area contributed by atoms with Gasteiger partial charge >= 0.3 is 0 Å². The van der Waals surface area contributed by atoms with Crippen molar-refractivity contribution in [3.8, 4) is 22.3 Å². The Hall–Kier alpha value is -7.03. The summed E-state index contributed by atoms with van der Waals surface area (Å²) in [5.74, 6) is 2.67. The Morgan fingerprint density at radius 2 is 0.928 bits per heavy atom. The van der Waals surface area contributed by atoms with Crippen LogP contribution in [0.4, 0.5) is 17.1 Å². The number of aryl methyl sites for hydroxylation is 2. The first-order valence-electron chi connectivity index (χ1n) is 24.3. The molecule has 0 saturated carbocycles. The van der Waals surface area contributed by atoms with Crippen molar-refractivity contribution in [2.75, 3.05) is 16.4 Å². The minimum absolute atomic E-state index is 0.425. The first kappa shape index (κ1) is 42.1. The average Bonchev–Trinajstić information content (AvgIpc) is 4.12. The van der Waals surface area contributed by atoms with E-state index in [0.29, 0.717) is 5.92 Å². The van der Waals surface area contributed by atoms with E-state index in [-0.39, 0.29) is 0 Å². The molecule has 8 heteroatoms. The van der Waals surface area contributed by atoms with Crippen LogP contribution in [0.2, 0.25) is 0 Å². The lowest BCUT2D eigenvalue weighted by atomic mass is 9.90. The van der Waals surface area contributed by atoms with E-state index in [4.69, 9.17) is 30.0 Å². The van der Waals surface area contributed by atoms with Crippen molar-refractivity contribution in [2.24, 2.45) is 30.0 Å². The van der Waals surface area contributed by atoms with Gasteiger partial charge in [-0.2, -0.15) is 11.8 Å². The number of hydrogen-bond donors (Lipinski definition) is 0. The Morgan fingerprint density at radius 3 is 1.55 bits per heavy atom. The van der Waals surface area contributed by atoms with Crippen LogP contribution in [0.1, 0.15) is 70.6 Å². The summed E-state index contributed by atoms with van der Waals surface area (Å²) in [6.45, 7) is 17.2. The average molecular weight is 916 g/mol. The van der Waals surface area contributed by atoms with Crippen molar-refractivity contribution in [1.29, 1.82) is 0 Å². The largest absolute Gasteiger partial charge is 0.304 e. The number of anilines is 3. The molecule has 0 bridgehead atoms. The highest BCUT2D eigenvalue weighted by Crippen LogP contribution is 2.41. The third kappa shape index (κ3) is 6.62. The molecule has 0 spiro atoms. The molecular weight excluding hydrogens is 863 g/mol. The lowest BCUT2D eigenvalue weighted by Crippen LogP contribution is -2.40. The molecule has 9 aromatic carbocycles. The van der Waals surface area contributed by atoms with Gasteiger partial charge in [0.1, 0.15) is 33.1 Å². The molecule has 13 rings (SSSR count). The van der Waals surface area contributed by atoms with Gasteiger partial charge in [0.25, 0.3) is 0 Å². The summed E-state index contributed by atoms with van der Waals surface area (Å²) in [5.41, 5.74) is 8.77. The topological polar surface area (TPSA) is 77.4 Å². The molecule has 4 aliphatic heterocycles. The second-order valence-electron chi connectivity index (χ2n) is 20.9. The third-order valence-electron chi connectivity index (χ3n) is 14.6. The molecule has 338 valence electrons. The molecule has 4 aliphatic rings. The first-order chi connectivity index (χ1) is 33.2. The third-order valence-corrected chi connectivity index (χ3v) is 15.7. The van der Waals surface area contributed by atoms with Gasteiger partial charge in [0.05, 0.1) is 33.1 Å². The monoisotopic (exact) mass is 915 g/mol. The molecular formula is C61H53N7S. The van der Waals surface area contributed by atoms with Crippen molar-refractivity contribution in [3.63, 3.8) is 0 Å². The highest BCUT2D eigenvalue weighted by Gasteiger charge is 2.34. The summed E-state index contributed by atoms with van der Waals surface area (Å²) in [4.78, 5) is 35.5. The molecule has 0 N–H and O–H groups in total. The molecule has 1 atom stereocenters. The van der Waals surface area contributed by atoms with Gasteiger partial charge < -0.3 is 4.90 Å². The van der Waals surface area contributed by atoms with Crippen LogP contribution in [-0.2, 0) is 0 Å². The molecule has 9 aromatic rings. The van der Waals surface area contributed by atoms with Gasteiger partial charge in [-0.3, -0.25) is 30.0 Å². The van der Waals surface area contributed by atoms with E-state index >= 15 is 0 Å². The normalized spacial score (nSPS) is 17.9. The predicted octanol–water partition coefficient (Wildman–Crippen LogP) is 11.9. The van der Waals surface area contributed by atoms with Crippen LogP contribution in [0.5, 0.6) is 0 Å². The van der Waals surface area contributed by atoms with E-state index in [0.717, 1.165) is 101 Å². The summed E-state index contributed by atoms with van der Waals surface area (Å²) >= 11 is 2.03. The number of benzene rings is 9. The SMILES string of the molecule is Cc1cc(N(c2ccc(C3CCSC3)c3c2=NC(C)(C)N=3)c2cc(C)c(-c3cc4ccccc4c4ccccc34)c3c2=NC(C)(C)N=3)c2c(c1-c1cccc3c1ccc1ccccc13)=NC(C)(C)N=2. The van der Waals surface area contributed by atoms with Crippen molar-refractivity contribution in [3.05, 3.63) is 182 Å². The minimum atomic E-state index is -0.715. The molecule has 0 aliphatic carbocycles. The Labute approximate surface area is 405 Å². The Bertz CT molecular complexity index is 4170. The van der Waals surface area contributed by atoms with Gasteiger partial charge in [0.15, 0.2) is 0 Å². The first-order valence-corrected chi connectivity index (χ1v) is 25.5. The second-order valence-corrected chi connectivity index (χ2v) is 22.0. The Balaban J connectivity index is 1.14. The Morgan fingerprint density at radius 1 is 0.435 bits per heavy atom. The van der Waals surface area contributed by atoms with Gasteiger partial charge in [-0.25, -0.2) is 0 Å². The van der Waals surface area contributed by atoms with Gasteiger partial charge in [-0.15, -0.1) is 0 Å². The number of hydrogen-bond acceptors (Lipinski definition) is 8. The van der Waals surface area contributed by atoms with Crippen LogP contribution in [-0.4, -0.2) is 28.5 Å². The van der Waals surface area contributed by atoms with Crippen LogP contribution in [0.15, 0.2) is 163 Å². The van der Waals surface area contributed by atoms with Crippen LogP contribution < -0.4 is 37.0 Å². The molecule has 7 nitrogen and oxygen atoms in total. The summed E-state index contributed by atoms with van der Waals surface area (Å²) in [7, 11) is 0. The Kier molecular flexibility index (Phi) is 9.14. The fraction of sp³-hybridized carbons (Fsp3) is 0.246. The van der Waals surface area contributed by atoms with E-state index in [1.54, 1.807) is 0 Å². The highest BCUT2D eigenvalue weighted by atomic mass is 32.2. The van der Waals surface area contributed by atoms with Gasteiger partial charge in [0, 0.05) is 16.9 Å². The van der Waals surface area contributed by atoms with Crippen molar-refractivity contribution in [2.45, 2.75) is 84.7 Å². The van der Waals surface area contributed by atoms with Crippen LogP contribution >= 0.6 is 11.8 Å². The number of rotatable bonds is 6. The van der Waals surface area contributed by atoms with Crippen molar-refractivity contribution in [1.82, 2.24) is 0 Å². The molecule has 69 heavy (non-hydrogen) atoms. The fourth-order valence-electron chi connectivity index (χ4n) is 11.7. The maximum Gasteiger partial charge on any atom is 0.146 e. The maximum absolute atomic E-state index is 5.58. The van der Waals surface area contributed by atoms with Gasteiger partial charge in [0.2, 0.25) is 0 Å². The summed E-state index contributed by atoms with van der Waals surface area (Å²) in [6.07, 6.45) is 1.14. The number of fused-ring (bicyclic) bond motifs is 9. The van der Waals surface area contributed by atoms with E-state index in [1.165, 1.54) is 48.7 Å². The second kappa shape index (κ2) is 15.0. The summed E-state index contributed by atoms with van der Waals surface area (Å²) < 4.78 is 0. The van der Waals surface area contributed by atoms with Crippen LogP contribution in [0.25, 0.3) is 65.3 Å². The zero-order valence-electron chi connectivity index (χ0n) is 40.4. The number of nitrogens with zero attached hydrogens (tertiary/aromatic N) is 7. The molecule has 0 radical (unpaired) electrons.